The highest BCUT2D eigenvalue weighted by Crippen LogP contribution is 2.39. The molecule has 0 bridgehead atoms. The lowest BCUT2D eigenvalue weighted by Crippen LogP contribution is -2.52. The van der Waals surface area contributed by atoms with Gasteiger partial charge in [0.05, 0.1) is 0 Å². The van der Waals surface area contributed by atoms with Crippen LogP contribution >= 0.6 is 0 Å². The van der Waals surface area contributed by atoms with Crippen molar-refractivity contribution in [1.29, 1.82) is 0 Å². The summed E-state index contributed by atoms with van der Waals surface area (Å²) in [6.07, 6.45) is 6.20. The molecule has 3 rings (SSSR count). The van der Waals surface area contributed by atoms with E-state index in [0.717, 1.165) is 24.4 Å². The maximum Gasteiger partial charge on any atom is 0.254 e. The number of likely N-dealkylation sites (tertiary alicyclic amines) is 1. The fraction of sp³-hybridized carbons (Fsp3) is 0.588. The van der Waals surface area contributed by atoms with E-state index in [0.29, 0.717) is 17.6 Å². The fourth-order valence-electron chi connectivity index (χ4n) is 3.96. The van der Waals surface area contributed by atoms with Crippen molar-refractivity contribution in [3.8, 4) is 0 Å². The van der Waals surface area contributed by atoms with Crippen molar-refractivity contribution in [2.75, 3.05) is 12.3 Å². The number of hydrogen-bond donors (Lipinski definition) is 1. The van der Waals surface area contributed by atoms with Crippen molar-refractivity contribution in [2.24, 2.45) is 11.8 Å². The number of rotatable bonds is 1. The zero-order valence-electron chi connectivity index (χ0n) is 12.2. The van der Waals surface area contributed by atoms with Gasteiger partial charge in [0.25, 0.3) is 5.91 Å². The van der Waals surface area contributed by atoms with E-state index in [1.165, 1.54) is 25.7 Å². The molecule has 20 heavy (non-hydrogen) atoms. The van der Waals surface area contributed by atoms with E-state index in [1.807, 2.05) is 24.3 Å². The Kier molecular flexibility index (Phi) is 3.68. The van der Waals surface area contributed by atoms with E-state index in [2.05, 4.69) is 11.8 Å². The number of piperidine rings is 1. The highest BCUT2D eigenvalue weighted by Gasteiger charge is 2.39. The highest BCUT2D eigenvalue weighted by atomic mass is 16.2. The molecule has 108 valence electrons. The molecular weight excluding hydrogens is 248 g/mol. The van der Waals surface area contributed by atoms with Crippen LogP contribution in [0.25, 0.3) is 0 Å². The Bertz CT molecular complexity index is 482. The number of carbonyl (C=O) groups is 1. The molecule has 1 heterocycles. The molecule has 1 aliphatic carbocycles. The van der Waals surface area contributed by atoms with Gasteiger partial charge in [-0.2, -0.15) is 0 Å². The summed E-state index contributed by atoms with van der Waals surface area (Å²) >= 11 is 0. The Morgan fingerprint density at radius 2 is 1.85 bits per heavy atom. The first-order valence-corrected chi connectivity index (χ1v) is 7.83. The number of nitrogen functional groups attached to an aromatic ring is 1. The summed E-state index contributed by atoms with van der Waals surface area (Å²) < 4.78 is 0. The van der Waals surface area contributed by atoms with Crippen molar-refractivity contribution in [1.82, 2.24) is 4.90 Å². The lowest BCUT2D eigenvalue weighted by Gasteiger charge is -2.47. The number of anilines is 1. The van der Waals surface area contributed by atoms with Crippen LogP contribution in [-0.2, 0) is 0 Å². The summed E-state index contributed by atoms with van der Waals surface area (Å²) in [6, 6.07) is 7.80. The Hall–Kier alpha value is -1.51. The predicted octanol–water partition coefficient (Wildman–Crippen LogP) is 3.31. The first-order valence-electron chi connectivity index (χ1n) is 7.83. The van der Waals surface area contributed by atoms with E-state index in [-0.39, 0.29) is 5.91 Å². The lowest BCUT2D eigenvalue weighted by molar-refractivity contribution is 0.0218. The monoisotopic (exact) mass is 272 g/mol. The minimum atomic E-state index is 0.189. The molecule has 1 aromatic carbocycles. The van der Waals surface area contributed by atoms with Crippen LogP contribution in [0.15, 0.2) is 24.3 Å². The Labute approximate surface area is 121 Å². The zero-order valence-corrected chi connectivity index (χ0v) is 12.2. The fourth-order valence-corrected chi connectivity index (χ4v) is 3.96. The van der Waals surface area contributed by atoms with Gasteiger partial charge in [-0.1, -0.05) is 19.8 Å². The maximum atomic E-state index is 12.8. The van der Waals surface area contributed by atoms with Gasteiger partial charge in [0.15, 0.2) is 0 Å². The molecule has 3 unspecified atom stereocenters. The number of benzene rings is 1. The molecule has 2 fully saturated rings. The van der Waals surface area contributed by atoms with Crippen molar-refractivity contribution >= 4 is 11.6 Å². The van der Waals surface area contributed by atoms with Crippen LogP contribution < -0.4 is 5.73 Å². The van der Waals surface area contributed by atoms with Gasteiger partial charge in [-0.15, -0.1) is 0 Å². The van der Waals surface area contributed by atoms with E-state index < -0.39 is 0 Å². The van der Waals surface area contributed by atoms with Gasteiger partial charge in [-0.3, -0.25) is 4.79 Å². The SMILES string of the molecule is CC1CCN(C(=O)c2ccc(N)cc2)C2CCCCC12. The minimum Gasteiger partial charge on any atom is -0.399 e. The van der Waals surface area contributed by atoms with Gasteiger partial charge >= 0.3 is 0 Å². The van der Waals surface area contributed by atoms with Crippen LogP contribution in [0.1, 0.15) is 49.4 Å². The Morgan fingerprint density at radius 1 is 1.15 bits per heavy atom. The molecular formula is C17H24N2O. The van der Waals surface area contributed by atoms with Crippen LogP contribution in [-0.4, -0.2) is 23.4 Å². The van der Waals surface area contributed by atoms with Crippen LogP contribution in [0, 0.1) is 11.8 Å². The second kappa shape index (κ2) is 5.47. The number of nitrogens with two attached hydrogens (primary N) is 1. The normalized spacial score (nSPS) is 29.9. The van der Waals surface area contributed by atoms with Crippen LogP contribution in [0.5, 0.6) is 0 Å². The van der Waals surface area contributed by atoms with Crippen molar-refractivity contribution in [2.45, 2.75) is 45.1 Å². The molecule has 3 atom stereocenters. The first kappa shape index (κ1) is 13.5. The first-order chi connectivity index (χ1) is 9.66. The van der Waals surface area contributed by atoms with Gasteiger partial charge in [-0.25, -0.2) is 0 Å². The third kappa shape index (κ3) is 2.41. The summed E-state index contributed by atoms with van der Waals surface area (Å²) in [7, 11) is 0. The molecule has 1 saturated heterocycles. The quantitative estimate of drug-likeness (QED) is 0.797. The number of amides is 1. The van der Waals surface area contributed by atoms with Crippen LogP contribution in [0.4, 0.5) is 5.69 Å². The standard InChI is InChI=1S/C17H24N2O/c1-12-10-11-19(16-5-3-2-4-15(12)16)17(20)13-6-8-14(18)9-7-13/h6-9,12,15-16H,2-5,10-11,18H2,1H3. The number of carbonyl (C=O) groups excluding carboxylic acids is 1. The second-order valence-corrected chi connectivity index (χ2v) is 6.40. The molecule has 1 aromatic rings. The van der Waals surface area contributed by atoms with Crippen molar-refractivity contribution in [3.05, 3.63) is 29.8 Å². The van der Waals surface area contributed by atoms with Crippen LogP contribution in [0.2, 0.25) is 0 Å². The molecule has 1 amide bonds. The Morgan fingerprint density at radius 3 is 2.60 bits per heavy atom. The number of hydrogen-bond acceptors (Lipinski definition) is 2. The molecule has 1 aliphatic heterocycles. The van der Waals surface area contributed by atoms with Crippen molar-refractivity contribution < 1.29 is 4.79 Å². The number of fused-ring (bicyclic) bond motifs is 1. The van der Waals surface area contributed by atoms with Gasteiger partial charge in [-0.05, 0) is 55.4 Å². The van der Waals surface area contributed by atoms with E-state index >= 15 is 0 Å². The van der Waals surface area contributed by atoms with Crippen molar-refractivity contribution in [3.63, 3.8) is 0 Å². The molecule has 2 N–H and O–H groups in total. The molecule has 2 aliphatic rings. The highest BCUT2D eigenvalue weighted by molar-refractivity contribution is 5.94. The molecule has 3 heteroatoms. The lowest BCUT2D eigenvalue weighted by atomic mass is 9.72. The van der Waals surface area contributed by atoms with Crippen LogP contribution in [0.3, 0.4) is 0 Å². The molecule has 1 saturated carbocycles. The smallest absolute Gasteiger partial charge is 0.254 e. The second-order valence-electron chi connectivity index (χ2n) is 6.40. The largest absolute Gasteiger partial charge is 0.399 e. The maximum absolute atomic E-state index is 12.8. The van der Waals surface area contributed by atoms with Gasteiger partial charge < -0.3 is 10.6 Å². The summed E-state index contributed by atoms with van der Waals surface area (Å²) in [5.74, 6) is 1.65. The van der Waals surface area contributed by atoms with E-state index in [4.69, 9.17) is 5.73 Å². The molecule has 3 nitrogen and oxygen atoms in total. The summed E-state index contributed by atoms with van der Waals surface area (Å²) in [5.41, 5.74) is 7.19. The minimum absolute atomic E-state index is 0.189. The summed E-state index contributed by atoms with van der Waals surface area (Å²) in [6.45, 7) is 3.26. The average Bonchev–Trinajstić information content (AvgIpc) is 2.48. The molecule has 0 radical (unpaired) electrons. The average molecular weight is 272 g/mol. The predicted molar refractivity (Wildman–Crippen MR) is 81.4 cm³/mol. The zero-order chi connectivity index (χ0) is 14.1. The van der Waals surface area contributed by atoms with Gasteiger partial charge in [0, 0.05) is 23.8 Å². The molecule has 0 aromatic heterocycles. The topological polar surface area (TPSA) is 46.3 Å². The number of nitrogens with zero attached hydrogens (tertiary/aromatic N) is 1. The van der Waals surface area contributed by atoms with E-state index in [9.17, 15) is 4.79 Å². The Balaban J connectivity index is 1.81. The van der Waals surface area contributed by atoms with Gasteiger partial charge in [0.2, 0.25) is 0 Å². The van der Waals surface area contributed by atoms with E-state index in [1.54, 1.807) is 0 Å². The third-order valence-corrected chi connectivity index (χ3v) is 5.16. The molecule has 0 spiro atoms. The van der Waals surface area contributed by atoms with Gasteiger partial charge in [0.1, 0.15) is 0 Å². The summed E-state index contributed by atoms with van der Waals surface area (Å²) in [5, 5.41) is 0. The summed E-state index contributed by atoms with van der Waals surface area (Å²) in [4.78, 5) is 14.9. The third-order valence-electron chi connectivity index (χ3n) is 5.16.